The number of aromatic amines is 1. The molecule has 6 heteroatoms. The van der Waals surface area contributed by atoms with Gasteiger partial charge in [0.15, 0.2) is 0 Å². The van der Waals surface area contributed by atoms with Crippen molar-refractivity contribution in [2.75, 3.05) is 11.9 Å². The van der Waals surface area contributed by atoms with Gasteiger partial charge in [-0.3, -0.25) is 10.1 Å². The average molecular weight is 402 g/mol. The molecule has 2 heterocycles. The zero-order valence-electron chi connectivity index (χ0n) is 15.7. The Balaban J connectivity index is 1.39. The number of nitrogens with one attached hydrogen (secondary N) is 2. The zero-order chi connectivity index (χ0) is 20.0. The van der Waals surface area contributed by atoms with E-state index in [2.05, 4.69) is 34.6 Å². The van der Waals surface area contributed by atoms with Crippen LogP contribution in [0.3, 0.4) is 0 Å². The SMILES string of the molecule is Cc1[nH]c(=O)c(NC(=O)OCC2c3ccccc3-c3ccccc32)c2ccsc12. The van der Waals surface area contributed by atoms with E-state index in [4.69, 9.17) is 4.74 Å². The number of carbonyl (C=O) groups excluding carboxylic acids is 1. The number of aromatic nitrogens is 1. The van der Waals surface area contributed by atoms with Crippen molar-refractivity contribution in [1.82, 2.24) is 4.98 Å². The van der Waals surface area contributed by atoms with E-state index in [9.17, 15) is 9.59 Å². The van der Waals surface area contributed by atoms with Crippen molar-refractivity contribution in [3.8, 4) is 11.1 Å². The fraction of sp³-hybridized carbons (Fsp3) is 0.130. The first-order valence-electron chi connectivity index (χ1n) is 9.35. The largest absolute Gasteiger partial charge is 0.448 e. The molecule has 0 aliphatic heterocycles. The second-order valence-electron chi connectivity index (χ2n) is 7.07. The van der Waals surface area contributed by atoms with Gasteiger partial charge in [0.2, 0.25) is 0 Å². The number of amides is 1. The van der Waals surface area contributed by atoms with Crippen molar-refractivity contribution in [2.24, 2.45) is 0 Å². The number of thiophene rings is 1. The molecule has 5 rings (SSSR count). The average Bonchev–Trinajstić information content (AvgIpc) is 3.33. The molecule has 1 aliphatic carbocycles. The molecule has 29 heavy (non-hydrogen) atoms. The summed E-state index contributed by atoms with van der Waals surface area (Å²) in [5, 5.41) is 5.26. The molecule has 144 valence electrons. The van der Waals surface area contributed by atoms with Crippen molar-refractivity contribution in [3.05, 3.63) is 87.2 Å². The summed E-state index contributed by atoms with van der Waals surface area (Å²) >= 11 is 1.52. The van der Waals surface area contributed by atoms with E-state index >= 15 is 0 Å². The third-order valence-electron chi connectivity index (χ3n) is 5.37. The highest BCUT2D eigenvalue weighted by Crippen LogP contribution is 2.44. The van der Waals surface area contributed by atoms with Crippen molar-refractivity contribution < 1.29 is 9.53 Å². The van der Waals surface area contributed by atoms with Gasteiger partial charge >= 0.3 is 6.09 Å². The van der Waals surface area contributed by atoms with E-state index in [-0.39, 0.29) is 23.8 Å². The van der Waals surface area contributed by atoms with Crippen LogP contribution >= 0.6 is 11.3 Å². The highest BCUT2D eigenvalue weighted by molar-refractivity contribution is 7.17. The lowest BCUT2D eigenvalue weighted by Crippen LogP contribution is -2.23. The van der Waals surface area contributed by atoms with Gasteiger partial charge < -0.3 is 9.72 Å². The topological polar surface area (TPSA) is 71.2 Å². The molecule has 1 amide bonds. The summed E-state index contributed by atoms with van der Waals surface area (Å²) in [6.45, 7) is 2.05. The number of aryl methyl sites for hydroxylation is 1. The molecule has 0 fully saturated rings. The Labute approximate surface area is 171 Å². The molecular formula is C23H18N2O3S. The number of H-pyrrole nitrogens is 1. The van der Waals surface area contributed by atoms with Crippen LogP contribution in [0.25, 0.3) is 21.2 Å². The standard InChI is InChI=1S/C23H18N2O3S/c1-13-21-18(10-11-29-21)20(22(26)24-13)25-23(27)28-12-19-16-8-4-2-6-14(16)15-7-3-5-9-17(15)19/h2-11,19H,12H2,1H3,(H,24,26)(H,25,27). The Morgan fingerprint density at radius 3 is 2.41 bits per heavy atom. The Morgan fingerprint density at radius 2 is 1.72 bits per heavy atom. The molecule has 4 aromatic rings. The fourth-order valence-electron chi connectivity index (χ4n) is 4.07. The van der Waals surface area contributed by atoms with Crippen LogP contribution in [-0.4, -0.2) is 17.7 Å². The van der Waals surface area contributed by atoms with Crippen molar-refractivity contribution in [1.29, 1.82) is 0 Å². The number of pyridine rings is 1. The third-order valence-corrected chi connectivity index (χ3v) is 6.41. The van der Waals surface area contributed by atoms with Gasteiger partial charge in [0.25, 0.3) is 5.56 Å². The molecule has 0 atom stereocenters. The van der Waals surface area contributed by atoms with Crippen LogP contribution in [0.1, 0.15) is 22.7 Å². The van der Waals surface area contributed by atoms with E-state index in [0.29, 0.717) is 0 Å². The number of rotatable bonds is 3. The molecule has 0 radical (unpaired) electrons. The molecule has 0 saturated heterocycles. The molecule has 2 N–H and O–H groups in total. The maximum atomic E-state index is 12.5. The Kier molecular flexibility index (Phi) is 4.21. The van der Waals surface area contributed by atoms with Crippen molar-refractivity contribution in [2.45, 2.75) is 12.8 Å². The van der Waals surface area contributed by atoms with Crippen molar-refractivity contribution >= 4 is 33.2 Å². The number of ether oxygens (including phenoxy) is 1. The van der Waals surface area contributed by atoms with Gasteiger partial charge in [-0.15, -0.1) is 11.3 Å². The first kappa shape index (κ1) is 17.7. The summed E-state index contributed by atoms with van der Waals surface area (Å²) in [5.41, 5.74) is 5.33. The lowest BCUT2D eigenvalue weighted by Gasteiger charge is -2.14. The van der Waals surface area contributed by atoms with Gasteiger partial charge in [-0.2, -0.15) is 0 Å². The third kappa shape index (κ3) is 2.93. The first-order chi connectivity index (χ1) is 14.1. The Morgan fingerprint density at radius 1 is 1.07 bits per heavy atom. The number of fused-ring (bicyclic) bond motifs is 4. The second kappa shape index (κ2) is 6.90. The Hall–Kier alpha value is -3.38. The summed E-state index contributed by atoms with van der Waals surface area (Å²) in [4.78, 5) is 27.6. The van der Waals surface area contributed by atoms with Gasteiger partial charge in [-0.25, -0.2) is 4.79 Å². The van der Waals surface area contributed by atoms with Gasteiger partial charge in [0.05, 0.1) is 4.70 Å². The molecule has 5 nitrogen and oxygen atoms in total. The minimum atomic E-state index is -0.631. The molecule has 0 saturated carbocycles. The van der Waals surface area contributed by atoms with E-state index in [1.807, 2.05) is 42.6 Å². The molecule has 0 spiro atoms. The van der Waals surface area contributed by atoms with E-state index in [1.54, 1.807) is 0 Å². The minimum Gasteiger partial charge on any atom is -0.448 e. The smallest absolute Gasteiger partial charge is 0.411 e. The van der Waals surface area contributed by atoms with Gasteiger partial charge in [0, 0.05) is 17.0 Å². The number of hydrogen-bond donors (Lipinski definition) is 2. The zero-order valence-corrected chi connectivity index (χ0v) is 16.5. The molecule has 1 aliphatic rings. The summed E-state index contributed by atoms with van der Waals surface area (Å²) in [7, 11) is 0. The summed E-state index contributed by atoms with van der Waals surface area (Å²) in [6.07, 6.45) is -0.631. The van der Waals surface area contributed by atoms with Crippen LogP contribution in [0, 0.1) is 6.92 Å². The van der Waals surface area contributed by atoms with Crippen LogP contribution in [0.15, 0.2) is 64.8 Å². The number of hydrogen-bond acceptors (Lipinski definition) is 4. The number of carbonyl (C=O) groups is 1. The van der Waals surface area contributed by atoms with E-state index in [1.165, 1.54) is 22.5 Å². The van der Waals surface area contributed by atoms with Crippen LogP contribution in [-0.2, 0) is 4.74 Å². The molecule has 0 unspecified atom stereocenters. The summed E-state index contributed by atoms with van der Waals surface area (Å²) < 4.78 is 6.50. The number of anilines is 1. The highest BCUT2D eigenvalue weighted by Gasteiger charge is 2.29. The normalized spacial score (nSPS) is 12.6. The van der Waals surface area contributed by atoms with Gasteiger partial charge in [0.1, 0.15) is 12.3 Å². The maximum Gasteiger partial charge on any atom is 0.411 e. The predicted molar refractivity (Wildman–Crippen MR) is 116 cm³/mol. The molecule has 2 aromatic carbocycles. The van der Waals surface area contributed by atoms with Crippen molar-refractivity contribution in [3.63, 3.8) is 0 Å². The molecule has 2 aromatic heterocycles. The molecule has 0 bridgehead atoms. The first-order valence-corrected chi connectivity index (χ1v) is 10.2. The fourth-order valence-corrected chi connectivity index (χ4v) is 4.93. The Bertz CT molecular complexity index is 1260. The summed E-state index contributed by atoms with van der Waals surface area (Å²) in [5.74, 6) is -0.0226. The predicted octanol–water partition coefficient (Wildman–Crippen LogP) is 5.26. The van der Waals surface area contributed by atoms with Gasteiger partial charge in [-0.1, -0.05) is 48.5 Å². The molecular weight excluding hydrogens is 384 g/mol. The van der Waals surface area contributed by atoms with Crippen LogP contribution in [0.2, 0.25) is 0 Å². The van der Waals surface area contributed by atoms with Crippen LogP contribution in [0.4, 0.5) is 10.5 Å². The lowest BCUT2D eigenvalue weighted by atomic mass is 9.98. The maximum absolute atomic E-state index is 12.5. The van der Waals surface area contributed by atoms with Gasteiger partial charge in [-0.05, 0) is 40.6 Å². The van der Waals surface area contributed by atoms with E-state index < -0.39 is 6.09 Å². The summed E-state index contributed by atoms with van der Waals surface area (Å²) in [6, 6.07) is 18.2. The minimum absolute atomic E-state index is 0.0226. The quantitative estimate of drug-likeness (QED) is 0.491. The second-order valence-corrected chi connectivity index (χ2v) is 7.98. The van der Waals surface area contributed by atoms with E-state index in [0.717, 1.165) is 26.9 Å². The monoisotopic (exact) mass is 402 g/mol. The number of benzene rings is 2. The van der Waals surface area contributed by atoms with Crippen LogP contribution < -0.4 is 10.9 Å². The lowest BCUT2D eigenvalue weighted by molar-refractivity contribution is 0.158. The highest BCUT2D eigenvalue weighted by atomic mass is 32.1. The van der Waals surface area contributed by atoms with Crippen LogP contribution in [0.5, 0.6) is 0 Å².